The Bertz CT molecular complexity index is 1820. The van der Waals surface area contributed by atoms with Crippen LogP contribution in [0, 0.1) is 23.7 Å². The molecule has 0 spiro atoms. The molecular weight excluding hydrogens is 1210 g/mol. The zero-order chi connectivity index (χ0) is 68.2. The smallest absolute Gasteiger partial charge is 0.462 e. The molecular formula is C73H142O17P2. The number of rotatable bonds is 70. The summed E-state index contributed by atoms with van der Waals surface area (Å²) >= 11 is 0. The van der Waals surface area contributed by atoms with Crippen LogP contribution in [-0.2, 0) is 65.4 Å². The second-order valence-corrected chi connectivity index (χ2v) is 30.9. The molecule has 0 aromatic rings. The van der Waals surface area contributed by atoms with Crippen LogP contribution >= 0.6 is 15.6 Å². The molecule has 3 N–H and O–H groups in total. The van der Waals surface area contributed by atoms with Crippen LogP contribution in [0.2, 0.25) is 0 Å². The number of hydrogen-bond acceptors (Lipinski definition) is 15. The molecule has 19 heteroatoms. The van der Waals surface area contributed by atoms with Crippen molar-refractivity contribution in [3.8, 4) is 0 Å². The highest BCUT2D eigenvalue weighted by atomic mass is 31.2. The molecule has 0 fully saturated rings. The van der Waals surface area contributed by atoms with Crippen molar-refractivity contribution in [2.75, 3.05) is 39.6 Å². The molecule has 17 nitrogen and oxygen atoms in total. The highest BCUT2D eigenvalue weighted by Gasteiger charge is 2.30. The van der Waals surface area contributed by atoms with Crippen LogP contribution in [0.4, 0.5) is 0 Å². The first kappa shape index (κ1) is 90.1. The Labute approximate surface area is 562 Å². The average molecular weight is 1350 g/mol. The molecule has 0 aliphatic rings. The van der Waals surface area contributed by atoms with Crippen LogP contribution < -0.4 is 0 Å². The van der Waals surface area contributed by atoms with Crippen molar-refractivity contribution in [1.29, 1.82) is 0 Å². The number of phosphoric ester groups is 2. The van der Waals surface area contributed by atoms with Crippen LogP contribution in [0.1, 0.15) is 364 Å². The molecule has 546 valence electrons. The molecule has 92 heavy (non-hydrogen) atoms. The second-order valence-electron chi connectivity index (χ2n) is 28.0. The summed E-state index contributed by atoms with van der Waals surface area (Å²) in [6.45, 7) is 14.0. The van der Waals surface area contributed by atoms with E-state index in [1.54, 1.807) is 0 Å². The molecule has 0 aliphatic carbocycles. The van der Waals surface area contributed by atoms with Crippen molar-refractivity contribution in [2.24, 2.45) is 23.7 Å². The maximum atomic E-state index is 13.0. The van der Waals surface area contributed by atoms with Crippen molar-refractivity contribution >= 4 is 39.5 Å². The van der Waals surface area contributed by atoms with Crippen molar-refractivity contribution in [2.45, 2.75) is 382 Å². The molecule has 0 amide bonds. The van der Waals surface area contributed by atoms with Gasteiger partial charge in [0, 0.05) is 25.7 Å². The molecule has 6 atom stereocenters. The van der Waals surface area contributed by atoms with E-state index in [2.05, 4.69) is 55.4 Å². The fourth-order valence-electron chi connectivity index (χ4n) is 11.0. The number of phosphoric acid groups is 2. The van der Waals surface area contributed by atoms with Gasteiger partial charge in [0.15, 0.2) is 12.2 Å². The molecule has 0 bridgehead atoms. The van der Waals surface area contributed by atoms with E-state index < -0.39 is 97.5 Å². The van der Waals surface area contributed by atoms with E-state index in [9.17, 15) is 43.2 Å². The Morgan fingerprint density at radius 3 is 0.772 bits per heavy atom. The fourth-order valence-corrected chi connectivity index (χ4v) is 12.6. The van der Waals surface area contributed by atoms with Gasteiger partial charge in [0.1, 0.15) is 19.3 Å². The number of ether oxygens (including phenoxy) is 4. The summed E-state index contributed by atoms with van der Waals surface area (Å²) in [5.41, 5.74) is 0. The molecule has 0 aromatic carbocycles. The highest BCUT2D eigenvalue weighted by Crippen LogP contribution is 2.45. The summed E-state index contributed by atoms with van der Waals surface area (Å²) in [5.74, 6) is 0.830. The number of aliphatic hydroxyl groups excluding tert-OH is 1. The van der Waals surface area contributed by atoms with Crippen LogP contribution in [0.3, 0.4) is 0 Å². The summed E-state index contributed by atoms with van der Waals surface area (Å²) in [4.78, 5) is 72.5. The van der Waals surface area contributed by atoms with Crippen molar-refractivity contribution in [3.63, 3.8) is 0 Å². The zero-order valence-corrected chi connectivity index (χ0v) is 62.0. The van der Waals surface area contributed by atoms with Gasteiger partial charge in [-0.1, -0.05) is 312 Å². The number of esters is 4. The first-order chi connectivity index (χ1) is 44.1. The van der Waals surface area contributed by atoms with Gasteiger partial charge >= 0.3 is 39.5 Å². The molecule has 0 aliphatic heterocycles. The lowest BCUT2D eigenvalue weighted by molar-refractivity contribution is -0.161. The predicted octanol–water partition coefficient (Wildman–Crippen LogP) is 20.9. The zero-order valence-electron chi connectivity index (χ0n) is 60.2. The molecule has 0 saturated heterocycles. The Balaban J connectivity index is 5.12. The summed E-state index contributed by atoms with van der Waals surface area (Å²) in [6.07, 6.45) is 46.3. The van der Waals surface area contributed by atoms with Gasteiger partial charge in [-0.25, -0.2) is 9.13 Å². The molecule has 3 unspecified atom stereocenters. The first-order valence-electron chi connectivity index (χ1n) is 37.7. The van der Waals surface area contributed by atoms with Gasteiger partial charge in [0.05, 0.1) is 26.4 Å². The van der Waals surface area contributed by atoms with E-state index in [4.69, 9.17) is 37.0 Å². The molecule has 0 aromatic heterocycles. The quantitative estimate of drug-likeness (QED) is 0.0222. The summed E-state index contributed by atoms with van der Waals surface area (Å²) in [6, 6.07) is 0. The number of unbranched alkanes of at least 4 members (excludes halogenated alkanes) is 35. The van der Waals surface area contributed by atoms with Gasteiger partial charge < -0.3 is 33.8 Å². The highest BCUT2D eigenvalue weighted by molar-refractivity contribution is 7.47. The van der Waals surface area contributed by atoms with Gasteiger partial charge in [-0.15, -0.1) is 0 Å². The number of aliphatic hydroxyl groups is 1. The van der Waals surface area contributed by atoms with Crippen LogP contribution in [0.15, 0.2) is 0 Å². The van der Waals surface area contributed by atoms with Gasteiger partial charge in [0.2, 0.25) is 0 Å². The van der Waals surface area contributed by atoms with Gasteiger partial charge in [-0.3, -0.25) is 37.3 Å². The standard InChI is InChI=1S/C73H142O17P2/c1-9-66(8)52-44-36-26-22-18-16-14-12-10-11-13-15-17-19-23-28-39-47-55-72(77)89-68(60-84-71(76)54-46-38-31-29-34-42-50-64(4)5)61-87-91(79,80)85-57-67(74)58-86-92(81,82)88-62-69(90-73(78)56-48-40-32-30-35-43-51-65(6)7)59-83-70(75)53-45-37-27-24-20-21-25-33-41-49-63(2)3/h63-69,74H,9-62H2,1-8H3,(H,79,80)(H,81,82)/t66?,67-,68+,69+/m0/s1. The van der Waals surface area contributed by atoms with E-state index in [0.717, 1.165) is 108 Å². The monoisotopic (exact) mass is 1350 g/mol. The maximum absolute atomic E-state index is 13.0. The van der Waals surface area contributed by atoms with E-state index in [0.29, 0.717) is 37.5 Å². The van der Waals surface area contributed by atoms with E-state index in [-0.39, 0.29) is 25.7 Å². The molecule has 0 heterocycles. The topological polar surface area (TPSA) is 237 Å². The fraction of sp³-hybridized carbons (Fsp3) is 0.945. The number of hydrogen-bond donors (Lipinski definition) is 3. The third-order valence-electron chi connectivity index (χ3n) is 17.2. The van der Waals surface area contributed by atoms with Crippen molar-refractivity contribution in [1.82, 2.24) is 0 Å². The lowest BCUT2D eigenvalue weighted by Crippen LogP contribution is -2.30. The maximum Gasteiger partial charge on any atom is 0.472 e. The second kappa shape index (κ2) is 62.6. The van der Waals surface area contributed by atoms with E-state index in [1.807, 2.05) is 0 Å². The van der Waals surface area contributed by atoms with Gasteiger partial charge in [-0.05, 0) is 49.4 Å². The predicted molar refractivity (Wildman–Crippen MR) is 372 cm³/mol. The van der Waals surface area contributed by atoms with Crippen LogP contribution in [0.5, 0.6) is 0 Å². The summed E-state index contributed by atoms with van der Waals surface area (Å²) in [5, 5.41) is 10.6. The molecule has 0 saturated carbocycles. The molecule has 0 rings (SSSR count). The third kappa shape index (κ3) is 65.4. The van der Waals surface area contributed by atoms with Crippen molar-refractivity contribution in [3.05, 3.63) is 0 Å². The largest absolute Gasteiger partial charge is 0.472 e. The van der Waals surface area contributed by atoms with Crippen LogP contribution in [-0.4, -0.2) is 96.7 Å². The minimum atomic E-state index is -4.95. The van der Waals surface area contributed by atoms with E-state index >= 15 is 0 Å². The molecule has 0 radical (unpaired) electrons. The van der Waals surface area contributed by atoms with Gasteiger partial charge in [0.25, 0.3) is 0 Å². The normalized spacial score (nSPS) is 14.5. The third-order valence-corrected chi connectivity index (χ3v) is 19.1. The Kier molecular flexibility index (Phi) is 61.3. The SMILES string of the molecule is CCC(C)CCCCCCCCCCCCCCCCCCCCC(=O)O[C@H](COC(=O)CCCCCCCCC(C)C)COP(=O)(O)OC[C@H](O)COP(=O)(O)OC[C@@H](COC(=O)CCCCCCCCCCCC(C)C)OC(=O)CCCCCCCCC(C)C. The summed E-state index contributed by atoms with van der Waals surface area (Å²) < 4.78 is 68.2. The lowest BCUT2D eigenvalue weighted by Gasteiger charge is -2.21. The van der Waals surface area contributed by atoms with Crippen LogP contribution in [0.25, 0.3) is 0 Å². The van der Waals surface area contributed by atoms with Crippen molar-refractivity contribution < 1.29 is 80.2 Å². The Morgan fingerprint density at radius 1 is 0.304 bits per heavy atom. The van der Waals surface area contributed by atoms with E-state index in [1.165, 1.54) is 161 Å². The Morgan fingerprint density at radius 2 is 0.522 bits per heavy atom. The van der Waals surface area contributed by atoms with Gasteiger partial charge in [-0.2, -0.15) is 0 Å². The average Bonchev–Trinajstić information content (AvgIpc) is 3.72. The first-order valence-corrected chi connectivity index (χ1v) is 40.7. The summed E-state index contributed by atoms with van der Waals surface area (Å²) in [7, 11) is -9.90. The Hall–Kier alpha value is -1.94. The minimum absolute atomic E-state index is 0.101. The minimum Gasteiger partial charge on any atom is -0.462 e. The lowest BCUT2D eigenvalue weighted by atomic mass is 9.99. The number of carbonyl (C=O) groups is 4. The number of carbonyl (C=O) groups excluding carboxylic acids is 4.